The Hall–Kier alpha value is -4.14. The first-order valence-corrected chi connectivity index (χ1v) is 11.1. The summed E-state index contributed by atoms with van der Waals surface area (Å²) in [5.41, 5.74) is 1.07. The quantitative estimate of drug-likeness (QED) is 0.344. The van der Waals surface area contributed by atoms with Gasteiger partial charge in [0.2, 0.25) is 17.2 Å². The van der Waals surface area contributed by atoms with Crippen LogP contribution in [0, 0.1) is 0 Å². The molecule has 3 rings (SSSR count). The van der Waals surface area contributed by atoms with E-state index < -0.39 is 5.41 Å². The highest BCUT2D eigenvalue weighted by Gasteiger charge is 2.39. The number of ether oxygens (including phenoxy) is 6. The number of hydrogen-bond acceptors (Lipinski definition) is 9. The fourth-order valence-electron chi connectivity index (χ4n) is 4.53. The van der Waals surface area contributed by atoms with Crippen molar-refractivity contribution < 1.29 is 43.7 Å². The van der Waals surface area contributed by atoms with Gasteiger partial charge in [0.15, 0.2) is 34.5 Å². The van der Waals surface area contributed by atoms with E-state index in [0.29, 0.717) is 23.1 Å². The second-order valence-electron chi connectivity index (χ2n) is 7.95. The Morgan fingerprint density at radius 3 is 0.806 bits per heavy atom. The molecule has 3 N–H and O–H groups in total. The van der Waals surface area contributed by atoms with Crippen LogP contribution in [0.4, 0.5) is 0 Å². The highest BCUT2D eigenvalue weighted by atomic mass is 16.5. The van der Waals surface area contributed by atoms with Gasteiger partial charge in [0.1, 0.15) is 0 Å². The van der Waals surface area contributed by atoms with Gasteiger partial charge in [0.05, 0.1) is 42.7 Å². The summed E-state index contributed by atoms with van der Waals surface area (Å²) in [6, 6.07) is 10.2. The van der Waals surface area contributed by atoms with Crippen LogP contribution in [0.15, 0.2) is 36.4 Å². The molecule has 0 atom stereocenters. The van der Waals surface area contributed by atoms with Crippen LogP contribution in [0.2, 0.25) is 0 Å². The number of aromatic hydroxyl groups is 3. The number of benzene rings is 3. The Kier molecular flexibility index (Phi) is 7.82. The summed E-state index contributed by atoms with van der Waals surface area (Å²) >= 11 is 0. The van der Waals surface area contributed by atoms with Gasteiger partial charge in [-0.15, -0.1) is 0 Å². The lowest BCUT2D eigenvalue weighted by Gasteiger charge is -2.36. The van der Waals surface area contributed by atoms with E-state index in [9.17, 15) is 15.3 Å². The predicted molar refractivity (Wildman–Crippen MR) is 134 cm³/mol. The number of hydrogen-bond donors (Lipinski definition) is 3. The molecule has 9 heteroatoms. The molecule has 36 heavy (non-hydrogen) atoms. The lowest BCUT2D eigenvalue weighted by atomic mass is 9.67. The van der Waals surface area contributed by atoms with Crippen molar-refractivity contribution in [3.05, 3.63) is 53.1 Å². The Bertz CT molecular complexity index is 1010. The number of phenolic OH excluding ortho intramolecular Hbond substituents is 3. The van der Waals surface area contributed by atoms with Gasteiger partial charge in [-0.05, 0) is 59.5 Å². The summed E-state index contributed by atoms with van der Waals surface area (Å²) in [5.74, 6) is 0.807. The monoisotopic (exact) mass is 500 g/mol. The summed E-state index contributed by atoms with van der Waals surface area (Å²) in [4.78, 5) is 0. The minimum absolute atomic E-state index is 0.143. The molecule has 0 bridgehead atoms. The van der Waals surface area contributed by atoms with Gasteiger partial charge in [-0.1, -0.05) is 6.92 Å². The van der Waals surface area contributed by atoms with E-state index in [1.54, 1.807) is 36.4 Å². The van der Waals surface area contributed by atoms with E-state index in [2.05, 4.69) is 0 Å². The van der Waals surface area contributed by atoms with Gasteiger partial charge in [-0.25, -0.2) is 0 Å². The van der Waals surface area contributed by atoms with E-state index in [1.165, 1.54) is 42.7 Å². The van der Waals surface area contributed by atoms with Gasteiger partial charge in [-0.3, -0.25) is 0 Å². The zero-order valence-electron chi connectivity index (χ0n) is 21.5. The Labute approximate surface area is 210 Å². The molecule has 0 saturated carbocycles. The van der Waals surface area contributed by atoms with Crippen LogP contribution in [0.1, 0.15) is 30.0 Å². The zero-order chi connectivity index (χ0) is 26.6. The fourth-order valence-corrected chi connectivity index (χ4v) is 4.53. The Balaban J connectivity index is 2.55. The molecule has 0 aliphatic heterocycles. The maximum absolute atomic E-state index is 10.6. The zero-order valence-corrected chi connectivity index (χ0v) is 21.5. The van der Waals surface area contributed by atoms with E-state index in [-0.39, 0.29) is 51.7 Å². The molecule has 0 radical (unpaired) electrons. The SMILES string of the molecule is CCC(c1cc(OC)c(O)c(OC)c1)(c1cc(OC)c(O)c(OC)c1)c1cc(OC)c(O)c(OC)c1. The third-order valence-corrected chi connectivity index (χ3v) is 6.45. The molecule has 0 fully saturated rings. The lowest BCUT2D eigenvalue weighted by Crippen LogP contribution is -2.29. The van der Waals surface area contributed by atoms with E-state index in [0.717, 1.165) is 0 Å². The predicted octanol–water partition coefficient (Wildman–Crippen LogP) is 4.60. The Morgan fingerprint density at radius 2 is 0.667 bits per heavy atom. The van der Waals surface area contributed by atoms with E-state index in [1.807, 2.05) is 6.92 Å². The molecule has 0 aromatic heterocycles. The molecule has 3 aromatic rings. The summed E-state index contributed by atoms with van der Waals surface area (Å²) < 4.78 is 32.7. The standard InChI is InChI=1S/C27H32O9/c1-8-27(15-9-18(31-2)24(28)19(10-15)32-3,16-11-20(33-4)25(29)21(12-16)34-5)17-13-22(35-6)26(30)23(14-17)36-7/h9-14,28-30H,8H2,1-7H3. The van der Waals surface area contributed by atoms with Crippen LogP contribution in [-0.4, -0.2) is 58.0 Å². The van der Waals surface area contributed by atoms with Gasteiger partial charge < -0.3 is 43.7 Å². The molecule has 0 aliphatic carbocycles. The van der Waals surface area contributed by atoms with Gasteiger partial charge in [0, 0.05) is 5.41 Å². The molecular weight excluding hydrogens is 468 g/mol. The smallest absolute Gasteiger partial charge is 0.200 e. The van der Waals surface area contributed by atoms with Crippen LogP contribution in [0.25, 0.3) is 0 Å². The summed E-state index contributed by atoms with van der Waals surface area (Å²) in [7, 11) is 8.70. The van der Waals surface area contributed by atoms with Gasteiger partial charge in [0.25, 0.3) is 0 Å². The molecule has 0 spiro atoms. The van der Waals surface area contributed by atoms with Crippen LogP contribution >= 0.6 is 0 Å². The van der Waals surface area contributed by atoms with Crippen LogP contribution in [0.5, 0.6) is 51.7 Å². The molecule has 194 valence electrons. The van der Waals surface area contributed by atoms with Crippen LogP contribution < -0.4 is 28.4 Å². The first-order chi connectivity index (χ1) is 17.2. The van der Waals surface area contributed by atoms with Crippen molar-refractivity contribution in [1.29, 1.82) is 0 Å². The van der Waals surface area contributed by atoms with E-state index >= 15 is 0 Å². The first-order valence-electron chi connectivity index (χ1n) is 11.1. The topological polar surface area (TPSA) is 116 Å². The molecule has 0 saturated heterocycles. The van der Waals surface area contributed by atoms with Crippen molar-refractivity contribution in [2.45, 2.75) is 18.8 Å². The first kappa shape index (κ1) is 26.5. The fraction of sp³-hybridized carbons (Fsp3) is 0.333. The molecule has 0 aliphatic rings. The van der Waals surface area contributed by atoms with E-state index in [4.69, 9.17) is 28.4 Å². The number of rotatable bonds is 10. The van der Waals surface area contributed by atoms with Gasteiger partial charge >= 0.3 is 0 Å². The maximum atomic E-state index is 10.6. The number of methoxy groups -OCH3 is 6. The molecular formula is C27H32O9. The largest absolute Gasteiger partial charge is 0.502 e. The maximum Gasteiger partial charge on any atom is 0.200 e. The van der Waals surface area contributed by atoms with Crippen LogP contribution in [-0.2, 0) is 5.41 Å². The van der Waals surface area contributed by atoms with Crippen molar-refractivity contribution >= 4 is 0 Å². The van der Waals surface area contributed by atoms with Crippen molar-refractivity contribution in [3.8, 4) is 51.7 Å². The molecule has 0 amide bonds. The second-order valence-corrected chi connectivity index (χ2v) is 7.95. The summed E-state index contributed by atoms with van der Waals surface area (Å²) in [6.45, 7) is 1.98. The van der Waals surface area contributed by atoms with Crippen molar-refractivity contribution in [1.82, 2.24) is 0 Å². The average Bonchev–Trinajstić information content (AvgIpc) is 2.90. The minimum atomic E-state index is -0.975. The lowest BCUT2D eigenvalue weighted by molar-refractivity contribution is 0.333. The highest BCUT2D eigenvalue weighted by Crippen LogP contribution is 2.53. The van der Waals surface area contributed by atoms with Crippen LogP contribution in [0.3, 0.4) is 0 Å². The third-order valence-electron chi connectivity index (χ3n) is 6.45. The number of phenols is 3. The second kappa shape index (κ2) is 10.6. The molecule has 0 heterocycles. The molecule has 0 unspecified atom stereocenters. The molecule has 9 nitrogen and oxygen atoms in total. The van der Waals surface area contributed by atoms with Crippen molar-refractivity contribution in [3.63, 3.8) is 0 Å². The Morgan fingerprint density at radius 1 is 0.472 bits per heavy atom. The summed E-state index contributed by atoms with van der Waals surface area (Å²) in [5, 5.41) is 31.8. The third kappa shape index (κ3) is 4.21. The highest BCUT2D eigenvalue weighted by molar-refractivity contribution is 5.65. The van der Waals surface area contributed by atoms with Crippen molar-refractivity contribution in [2.75, 3.05) is 42.7 Å². The van der Waals surface area contributed by atoms with Gasteiger partial charge in [-0.2, -0.15) is 0 Å². The summed E-state index contributed by atoms with van der Waals surface area (Å²) in [6.07, 6.45) is 0.470. The normalized spacial score (nSPS) is 11.1. The minimum Gasteiger partial charge on any atom is -0.502 e. The molecule has 3 aromatic carbocycles. The average molecular weight is 501 g/mol. The van der Waals surface area contributed by atoms with Crippen molar-refractivity contribution in [2.24, 2.45) is 0 Å².